The predicted octanol–water partition coefficient (Wildman–Crippen LogP) is 3.13. The van der Waals surface area contributed by atoms with E-state index in [0.29, 0.717) is 25.9 Å². The van der Waals surface area contributed by atoms with Crippen LogP contribution in [0.3, 0.4) is 0 Å². The molecule has 5 nitrogen and oxygen atoms in total. The Morgan fingerprint density at radius 3 is 2.33 bits per heavy atom. The summed E-state index contributed by atoms with van der Waals surface area (Å²) in [5.74, 6) is 0.695. The van der Waals surface area contributed by atoms with E-state index in [1.807, 2.05) is 38.1 Å². The number of hydrogen-bond acceptors (Lipinski definition) is 3. The molecular weight excluding hydrogens is 304 g/mol. The van der Waals surface area contributed by atoms with Gasteiger partial charge in [0.1, 0.15) is 11.8 Å². The lowest BCUT2D eigenvalue weighted by atomic mass is 10.1. The van der Waals surface area contributed by atoms with Crippen LogP contribution in [-0.2, 0) is 16.1 Å². The minimum absolute atomic E-state index is 0.0108. The lowest BCUT2D eigenvalue weighted by molar-refractivity contribution is -0.141. The molecule has 0 radical (unpaired) electrons. The Morgan fingerprint density at radius 2 is 1.83 bits per heavy atom. The van der Waals surface area contributed by atoms with Crippen LogP contribution in [0.5, 0.6) is 5.75 Å². The quantitative estimate of drug-likeness (QED) is 0.669. The van der Waals surface area contributed by atoms with Gasteiger partial charge in [0.15, 0.2) is 0 Å². The van der Waals surface area contributed by atoms with Crippen molar-refractivity contribution in [2.45, 2.75) is 59.0 Å². The number of hydrogen-bond donors (Lipinski definition) is 1. The van der Waals surface area contributed by atoms with Crippen molar-refractivity contribution >= 4 is 11.8 Å². The molecule has 0 bridgehead atoms. The molecule has 24 heavy (non-hydrogen) atoms. The van der Waals surface area contributed by atoms with Gasteiger partial charge in [-0.1, -0.05) is 39.3 Å². The van der Waals surface area contributed by atoms with E-state index < -0.39 is 6.04 Å². The minimum atomic E-state index is -0.434. The van der Waals surface area contributed by atoms with E-state index in [4.69, 9.17) is 4.74 Å². The smallest absolute Gasteiger partial charge is 0.242 e. The minimum Gasteiger partial charge on any atom is -0.497 e. The highest BCUT2D eigenvalue weighted by atomic mass is 16.5. The molecule has 1 aromatic carbocycles. The van der Waals surface area contributed by atoms with Crippen molar-refractivity contribution < 1.29 is 14.3 Å². The van der Waals surface area contributed by atoms with E-state index >= 15 is 0 Å². The number of benzene rings is 1. The molecule has 0 saturated carbocycles. The summed E-state index contributed by atoms with van der Waals surface area (Å²) in [7, 11) is 1.62. The normalized spacial score (nSPS) is 11.7. The van der Waals surface area contributed by atoms with Crippen molar-refractivity contribution in [3.63, 3.8) is 0 Å². The zero-order chi connectivity index (χ0) is 17.9. The number of amides is 2. The van der Waals surface area contributed by atoms with Gasteiger partial charge in [-0.05, 0) is 30.5 Å². The number of carbonyl (C=O) groups is 2. The summed E-state index contributed by atoms with van der Waals surface area (Å²) in [6, 6.07) is 7.15. The zero-order valence-corrected chi connectivity index (χ0v) is 15.3. The summed E-state index contributed by atoms with van der Waals surface area (Å²) in [4.78, 5) is 26.6. The van der Waals surface area contributed by atoms with Crippen LogP contribution in [0, 0.1) is 0 Å². The number of carbonyl (C=O) groups excluding carboxylic acids is 2. The fraction of sp³-hybridized carbons (Fsp3) is 0.579. The first-order chi connectivity index (χ1) is 11.6. The molecule has 0 fully saturated rings. The van der Waals surface area contributed by atoms with Gasteiger partial charge in [-0.15, -0.1) is 0 Å². The highest BCUT2D eigenvalue weighted by Gasteiger charge is 2.27. The largest absolute Gasteiger partial charge is 0.497 e. The second kappa shape index (κ2) is 10.7. The third kappa shape index (κ3) is 5.87. The monoisotopic (exact) mass is 334 g/mol. The topological polar surface area (TPSA) is 58.6 Å². The highest BCUT2D eigenvalue weighted by molar-refractivity contribution is 5.87. The van der Waals surface area contributed by atoms with Gasteiger partial charge in [0.05, 0.1) is 7.11 Å². The standard InChI is InChI=1S/C19H30N2O3/c1-5-8-13-20-19(23)17(6-2)21(18(22)7-3)14-15-9-11-16(24-4)12-10-15/h9-12,17H,5-8,13-14H2,1-4H3,(H,20,23)/t17-/m0/s1. The van der Waals surface area contributed by atoms with Gasteiger partial charge in [-0.3, -0.25) is 9.59 Å². The Hall–Kier alpha value is -2.04. The fourth-order valence-electron chi connectivity index (χ4n) is 2.56. The van der Waals surface area contributed by atoms with Crippen molar-refractivity contribution in [3.8, 4) is 5.75 Å². The molecular formula is C19H30N2O3. The van der Waals surface area contributed by atoms with Crippen LogP contribution in [0.25, 0.3) is 0 Å². The molecule has 0 aliphatic carbocycles. The molecule has 0 aliphatic heterocycles. The van der Waals surface area contributed by atoms with Crippen LogP contribution >= 0.6 is 0 Å². The Morgan fingerprint density at radius 1 is 1.17 bits per heavy atom. The second-order valence-electron chi connectivity index (χ2n) is 5.79. The first kappa shape index (κ1) is 20.0. The van der Waals surface area contributed by atoms with E-state index in [9.17, 15) is 9.59 Å². The van der Waals surface area contributed by atoms with Crippen LogP contribution in [0.1, 0.15) is 52.0 Å². The van der Waals surface area contributed by atoms with Gasteiger partial charge in [0, 0.05) is 19.5 Å². The second-order valence-corrected chi connectivity index (χ2v) is 5.79. The van der Waals surface area contributed by atoms with Gasteiger partial charge in [0.25, 0.3) is 0 Å². The molecule has 134 valence electrons. The summed E-state index contributed by atoms with van der Waals surface area (Å²) in [5, 5.41) is 2.95. The molecule has 1 N–H and O–H groups in total. The Labute approximate surface area is 145 Å². The SMILES string of the molecule is CCCCNC(=O)[C@H](CC)N(Cc1ccc(OC)cc1)C(=O)CC. The molecule has 1 aromatic rings. The van der Waals surface area contributed by atoms with Crippen LogP contribution in [0.2, 0.25) is 0 Å². The van der Waals surface area contributed by atoms with E-state index in [1.54, 1.807) is 12.0 Å². The molecule has 0 spiro atoms. The van der Waals surface area contributed by atoms with E-state index in [1.165, 1.54) is 0 Å². The first-order valence-electron chi connectivity index (χ1n) is 8.77. The molecule has 0 saturated heterocycles. The highest BCUT2D eigenvalue weighted by Crippen LogP contribution is 2.16. The Balaban J connectivity index is 2.87. The molecule has 0 aromatic heterocycles. The Kier molecular flexibility index (Phi) is 8.90. The number of nitrogens with one attached hydrogen (secondary N) is 1. The predicted molar refractivity (Wildman–Crippen MR) is 95.8 cm³/mol. The van der Waals surface area contributed by atoms with Crippen LogP contribution in [0.15, 0.2) is 24.3 Å². The average molecular weight is 334 g/mol. The molecule has 2 amide bonds. The summed E-state index contributed by atoms with van der Waals surface area (Å²) in [5.41, 5.74) is 0.984. The van der Waals surface area contributed by atoms with Gasteiger partial charge in [0.2, 0.25) is 11.8 Å². The van der Waals surface area contributed by atoms with Crippen molar-refractivity contribution in [2.24, 2.45) is 0 Å². The van der Waals surface area contributed by atoms with Crippen LogP contribution in [0.4, 0.5) is 0 Å². The van der Waals surface area contributed by atoms with Crippen LogP contribution in [-0.4, -0.2) is 36.4 Å². The maximum Gasteiger partial charge on any atom is 0.242 e. The third-order valence-electron chi connectivity index (χ3n) is 4.03. The van der Waals surface area contributed by atoms with Crippen molar-refractivity contribution in [3.05, 3.63) is 29.8 Å². The maximum absolute atomic E-state index is 12.5. The molecule has 0 aliphatic rings. The summed E-state index contributed by atoms with van der Waals surface area (Å²) < 4.78 is 5.16. The summed E-state index contributed by atoms with van der Waals surface area (Å²) in [6.45, 7) is 6.93. The number of rotatable bonds is 10. The van der Waals surface area contributed by atoms with Gasteiger partial charge < -0.3 is 15.0 Å². The van der Waals surface area contributed by atoms with E-state index in [-0.39, 0.29) is 11.8 Å². The van der Waals surface area contributed by atoms with E-state index in [2.05, 4.69) is 12.2 Å². The number of methoxy groups -OCH3 is 1. The van der Waals surface area contributed by atoms with Crippen LogP contribution < -0.4 is 10.1 Å². The van der Waals surface area contributed by atoms with Gasteiger partial charge in [-0.2, -0.15) is 0 Å². The molecule has 1 rings (SSSR count). The number of nitrogens with zero attached hydrogens (tertiary/aromatic N) is 1. The Bertz CT molecular complexity index is 514. The summed E-state index contributed by atoms with van der Waals surface area (Å²) in [6.07, 6.45) is 2.96. The fourth-order valence-corrected chi connectivity index (χ4v) is 2.56. The van der Waals surface area contributed by atoms with Crippen molar-refractivity contribution in [1.29, 1.82) is 0 Å². The maximum atomic E-state index is 12.5. The van der Waals surface area contributed by atoms with Gasteiger partial charge in [-0.25, -0.2) is 0 Å². The third-order valence-corrected chi connectivity index (χ3v) is 4.03. The molecule has 1 atom stereocenters. The average Bonchev–Trinajstić information content (AvgIpc) is 2.61. The lowest BCUT2D eigenvalue weighted by Gasteiger charge is -2.30. The number of unbranched alkanes of at least 4 members (excludes halogenated alkanes) is 1. The molecule has 0 unspecified atom stereocenters. The number of ether oxygens (including phenoxy) is 1. The molecule has 0 heterocycles. The summed E-state index contributed by atoms with van der Waals surface area (Å²) >= 11 is 0. The van der Waals surface area contributed by atoms with Gasteiger partial charge >= 0.3 is 0 Å². The van der Waals surface area contributed by atoms with Crippen molar-refractivity contribution in [2.75, 3.05) is 13.7 Å². The zero-order valence-electron chi connectivity index (χ0n) is 15.3. The molecule has 5 heteroatoms. The van der Waals surface area contributed by atoms with Crippen molar-refractivity contribution in [1.82, 2.24) is 10.2 Å². The first-order valence-corrected chi connectivity index (χ1v) is 8.77. The lowest BCUT2D eigenvalue weighted by Crippen LogP contribution is -2.49. The van der Waals surface area contributed by atoms with E-state index in [0.717, 1.165) is 24.2 Å².